The molecule has 0 spiro atoms. The van der Waals surface area contributed by atoms with Crippen LogP contribution in [0.2, 0.25) is 0 Å². The Balaban J connectivity index is 4.30. The summed E-state index contributed by atoms with van der Waals surface area (Å²) >= 11 is 0. The van der Waals surface area contributed by atoms with Gasteiger partial charge in [0.25, 0.3) is 0 Å². The monoisotopic (exact) mass is 316 g/mol. The fourth-order valence-corrected chi connectivity index (χ4v) is 2.16. The molecule has 0 aliphatic carbocycles. The van der Waals surface area contributed by atoms with E-state index in [1.807, 2.05) is 0 Å². The molecule has 0 rings (SSSR count). The number of aliphatic carboxylic acids is 1. The van der Waals surface area contributed by atoms with Crippen molar-refractivity contribution in [3.63, 3.8) is 0 Å². The van der Waals surface area contributed by atoms with Gasteiger partial charge in [0.05, 0.1) is 12.0 Å². The predicted octanol–water partition coefficient (Wildman–Crippen LogP) is 0.933. The molecule has 7 nitrogen and oxygen atoms in total. The second kappa shape index (κ2) is 10.2. The van der Waals surface area contributed by atoms with Crippen molar-refractivity contribution in [2.45, 2.75) is 76.9 Å². The van der Waals surface area contributed by atoms with Crippen molar-refractivity contribution < 1.29 is 24.6 Å². The van der Waals surface area contributed by atoms with Crippen LogP contribution >= 0.6 is 0 Å². The average molecular weight is 316 g/mol. The first-order valence-corrected chi connectivity index (χ1v) is 7.71. The van der Waals surface area contributed by atoms with E-state index >= 15 is 0 Å². The molecule has 0 bridgehead atoms. The third kappa shape index (κ3) is 10.1. The zero-order chi connectivity index (χ0) is 17.2. The molecule has 7 heteroatoms. The Morgan fingerprint density at radius 1 is 1.23 bits per heavy atom. The molecule has 128 valence electrons. The van der Waals surface area contributed by atoms with Crippen LogP contribution in [0.25, 0.3) is 0 Å². The van der Waals surface area contributed by atoms with Crippen LogP contribution in [0.4, 0.5) is 0 Å². The summed E-state index contributed by atoms with van der Waals surface area (Å²) in [5, 5.41) is 21.5. The number of aliphatic hydroxyl groups is 1. The van der Waals surface area contributed by atoms with E-state index in [2.05, 4.69) is 12.2 Å². The van der Waals surface area contributed by atoms with E-state index in [0.29, 0.717) is 6.42 Å². The van der Waals surface area contributed by atoms with Crippen LogP contribution in [0.15, 0.2) is 0 Å². The molecule has 0 heterocycles. The summed E-state index contributed by atoms with van der Waals surface area (Å²) in [6, 6.07) is -1.17. The van der Waals surface area contributed by atoms with Crippen molar-refractivity contribution in [1.29, 1.82) is 0 Å². The van der Waals surface area contributed by atoms with E-state index in [1.54, 1.807) is 6.92 Å². The molecule has 22 heavy (non-hydrogen) atoms. The third-order valence-corrected chi connectivity index (χ3v) is 3.42. The van der Waals surface area contributed by atoms with E-state index in [1.165, 1.54) is 0 Å². The number of unbranched alkanes of at least 4 members (excludes halogenated alkanes) is 3. The van der Waals surface area contributed by atoms with Crippen LogP contribution < -0.4 is 11.1 Å². The number of carbonyl (C=O) groups is 3. The van der Waals surface area contributed by atoms with Crippen molar-refractivity contribution in [2.75, 3.05) is 0 Å². The molecule has 0 fully saturated rings. The van der Waals surface area contributed by atoms with Gasteiger partial charge in [-0.3, -0.25) is 9.59 Å². The molecule has 1 unspecified atom stereocenters. The Hall–Kier alpha value is -1.63. The van der Waals surface area contributed by atoms with Crippen LogP contribution in [0, 0.1) is 0 Å². The Bertz CT molecular complexity index is 382. The third-order valence-electron chi connectivity index (χ3n) is 3.42. The smallest absolute Gasteiger partial charge is 0.326 e. The molecule has 0 aliphatic heterocycles. The van der Waals surface area contributed by atoms with Crippen LogP contribution in [0.1, 0.15) is 65.2 Å². The summed E-state index contributed by atoms with van der Waals surface area (Å²) < 4.78 is 0. The van der Waals surface area contributed by atoms with Crippen molar-refractivity contribution >= 4 is 17.8 Å². The lowest BCUT2D eigenvalue weighted by molar-refractivity contribution is -0.143. The number of primary amides is 1. The highest BCUT2D eigenvalue weighted by Gasteiger charge is 2.27. The van der Waals surface area contributed by atoms with Gasteiger partial charge >= 0.3 is 5.97 Å². The summed E-state index contributed by atoms with van der Waals surface area (Å²) in [7, 11) is 0. The minimum Gasteiger partial charge on any atom is -0.480 e. The molecular weight excluding hydrogens is 288 g/mol. The molecule has 0 aliphatic rings. The Kier molecular flexibility index (Phi) is 9.40. The van der Waals surface area contributed by atoms with Gasteiger partial charge in [-0.1, -0.05) is 32.6 Å². The fourth-order valence-electron chi connectivity index (χ4n) is 2.16. The van der Waals surface area contributed by atoms with Gasteiger partial charge < -0.3 is 21.3 Å². The number of carboxylic acids is 1. The number of carboxylic acid groups (broad SMARTS) is 1. The second-order valence-corrected chi connectivity index (χ2v) is 5.95. The summed E-state index contributed by atoms with van der Waals surface area (Å²) in [5.74, 6) is -2.39. The lowest BCUT2D eigenvalue weighted by Gasteiger charge is -2.23. The number of amides is 2. The van der Waals surface area contributed by atoms with Gasteiger partial charge in [-0.2, -0.15) is 0 Å². The highest BCUT2D eigenvalue weighted by Crippen LogP contribution is 2.19. The number of nitrogens with two attached hydrogens (primary N) is 1. The topological polar surface area (TPSA) is 130 Å². The summed E-state index contributed by atoms with van der Waals surface area (Å²) in [5.41, 5.74) is 3.81. The Morgan fingerprint density at radius 3 is 2.36 bits per heavy atom. The summed E-state index contributed by atoms with van der Waals surface area (Å²) in [6.45, 7) is 3.65. The summed E-state index contributed by atoms with van der Waals surface area (Å²) in [6.07, 6.45) is 4.11. The molecule has 0 saturated heterocycles. The van der Waals surface area contributed by atoms with Crippen LogP contribution in [0.5, 0.6) is 0 Å². The molecule has 0 saturated carbocycles. The predicted molar refractivity (Wildman–Crippen MR) is 82.0 cm³/mol. The van der Waals surface area contributed by atoms with E-state index in [9.17, 15) is 19.5 Å². The minimum absolute atomic E-state index is 0.0605. The number of hydrogen-bond acceptors (Lipinski definition) is 4. The Labute approximate surface area is 131 Å². The zero-order valence-corrected chi connectivity index (χ0v) is 13.4. The maximum absolute atomic E-state index is 11.9. The van der Waals surface area contributed by atoms with Crippen LogP contribution in [0.3, 0.4) is 0 Å². The van der Waals surface area contributed by atoms with E-state index in [-0.39, 0.29) is 19.3 Å². The van der Waals surface area contributed by atoms with Gasteiger partial charge in [-0.25, -0.2) is 4.79 Å². The number of hydrogen-bond donors (Lipinski definition) is 4. The van der Waals surface area contributed by atoms with E-state index < -0.39 is 29.4 Å². The van der Waals surface area contributed by atoms with E-state index in [4.69, 9.17) is 10.8 Å². The quantitative estimate of drug-likeness (QED) is 0.398. The first kappa shape index (κ1) is 20.4. The molecule has 0 aromatic rings. The van der Waals surface area contributed by atoms with Crippen molar-refractivity contribution in [2.24, 2.45) is 5.73 Å². The van der Waals surface area contributed by atoms with Crippen molar-refractivity contribution in [3.8, 4) is 0 Å². The number of carbonyl (C=O) groups excluding carboxylic acids is 2. The summed E-state index contributed by atoms with van der Waals surface area (Å²) in [4.78, 5) is 33.6. The van der Waals surface area contributed by atoms with Gasteiger partial charge in [0, 0.05) is 6.42 Å². The first-order valence-electron chi connectivity index (χ1n) is 7.71. The molecule has 0 radical (unpaired) electrons. The van der Waals surface area contributed by atoms with E-state index in [0.717, 1.165) is 25.7 Å². The molecule has 0 aromatic heterocycles. The lowest BCUT2D eigenvalue weighted by Crippen LogP contribution is -2.44. The maximum Gasteiger partial charge on any atom is 0.326 e. The van der Waals surface area contributed by atoms with Gasteiger partial charge in [0.1, 0.15) is 6.04 Å². The minimum atomic E-state index is -1.22. The van der Waals surface area contributed by atoms with Gasteiger partial charge in [0.15, 0.2) is 0 Å². The molecule has 2 amide bonds. The average Bonchev–Trinajstić information content (AvgIpc) is 2.38. The zero-order valence-electron chi connectivity index (χ0n) is 13.4. The number of nitrogens with one attached hydrogen (secondary N) is 1. The highest BCUT2D eigenvalue weighted by molar-refractivity contribution is 5.84. The normalized spacial score (nSPS) is 14.9. The second-order valence-electron chi connectivity index (χ2n) is 5.95. The molecule has 5 N–H and O–H groups in total. The molecule has 0 aromatic carbocycles. The maximum atomic E-state index is 11.9. The van der Waals surface area contributed by atoms with Gasteiger partial charge in [-0.05, 0) is 19.8 Å². The van der Waals surface area contributed by atoms with Crippen LogP contribution in [-0.2, 0) is 14.4 Å². The first-order chi connectivity index (χ1) is 10.2. The fraction of sp³-hybridized carbons (Fsp3) is 0.800. The SMILES string of the molecule is CCCCCCC(C)(O)CC(=O)N[C@@H](CCC(N)=O)C(=O)O. The van der Waals surface area contributed by atoms with Crippen molar-refractivity contribution in [3.05, 3.63) is 0 Å². The van der Waals surface area contributed by atoms with Crippen molar-refractivity contribution in [1.82, 2.24) is 5.32 Å². The molecule has 2 atom stereocenters. The number of rotatable bonds is 12. The standard InChI is InChI=1S/C15H28N2O5/c1-3-4-5-6-9-15(2,22)10-13(19)17-11(14(20)21)7-8-12(16)18/h11,22H,3-10H2,1-2H3,(H2,16,18)(H,17,19)(H,20,21)/t11-,15?/m0/s1. The van der Waals surface area contributed by atoms with Gasteiger partial charge in [0.2, 0.25) is 11.8 Å². The Morgan fingerprint density at radius 2 is 1.86 bits per heavy atom. The molecular formula is C15H28N2O5. The van der Waals surface area contributed by atoms with Gasteiger partial charge in [-0.15, -0.1) is 0 Å². The highest BCUT2D eigenvalue weighted by atomic mass is 16.4. The lowest BCUT2D eigenvalue weighted by atomic mass is 9.94. The largest absolute Gasteiger partial charge is 0.480 e. The van der Waals surface area contributed by atoms with Crippen LogP contribution in [-0.4, -0.2) is 39.6 Å².